The van der Waals surface area contributed by atoms with E-state index in [4.69, 9.17) is 6.42 Å². The molecular formula is C13H13NaO3. The van der Waals surface area contributed by atoms with Gasteiger partial charge in [-0.2, -0.15) is 0 Å². The van der Waals surface area contributed by atoms with Crippen LogP contribution in [0.25, 0.3) is 0 Å². The summed E-state index contributed by atoms with van der Waals surface area (Å²) in [4.78, 5) is 10.0. The van der Waals surface area contributed by atoms with Crippen molar-refractivity contribution in [1.29, 1.82) is 0 Å². The van der Waals surface area contributed by atoms with Gasteiger partial charge in [-0.1, -0.05) is 30.1 Å². The van der Waals surface area contributed by atoms with E-state index in [9.17, 15) is 15.0 Å². The van der Waals surface area contributed by atoms with Crippen LogP contribution < -0.4 is 34.7 Å². The summed E-state index contributed by atoms with van der Waals surface area (Å²) in [6.07, 6.45) is 11.3. The normalized spacial score (nSPS) is 11.3. The third kappa shape index (κ3) is 15.0. The third-order valence-electron chi connectivity index (χ3n) is 1.51. The van der Waals surface area contributed by atoms with Crippen LogP contribution in [0.1, 0.15) is 19.3 Å². The van der Waals surface area contributed by atoms with Crippen molar-refractivity contribution in [3.05, 3.63) is 24.3 Å². The van der Waals surface area contributed by atoms with E-state index < -0.39 is 12.1 Å². The van der Waals surface area contributed by atoms with E-state index in [0.717, 1.165) is 0 Å². The Morgan fingerprint density at radius 2 is 2.18 bits per heavy atom. The Hall–Kier alpha value is -0.970. The van der Waals surface area contributed by atoms with Crippen molar-refractivity contribution in [2.75, 3.05) is 0 Å². The molecule has 84 valence electrons. The second kappa shape index (κ2) is 13.1. The minimum absolute atomic E-state index is 0. The fourth-order valence-electron chi connectivity index (χ4n) is 0.781. The zero-order valence-electron chi connectivity index (χ0n) is 9.85. The van der Waals surface area contributed by atoms with Gasteiger partial charge in [-0.05, 0) is 12.5 Å². The van der Waals surface area contributed by atoms with Crippen molar-refractivity contribution in [2.45, 2.75) is 25.4 Å². The molecule has 0 radical (unpaired) electrons. The van der Waals surface area contributed by atoms with Crippen LogP contribution in [0.15, 0.2) is 24.3 Å². The molecule has 3 nitrogen and oxygen atoms in total. The molecule has 0 bridgehead atoms. The topological polar surface area (TPSA) is 60.4 Å². The molecular weight excluding hydrogens is 227 g/mol. The minimum atomic E-state index is -1.10. The number of terminal acetylenes is 1. The molecule has 0 spiro atoms. The molecule has 0 aromatic rings. The van der Waals surface area contributed by atoms with Crippen LogP contribution in [0.2, 0.25) is 0 Å². The fourth-order valence-corrected chi connectivity index (χ4v) is 0.781. The summed E-state index contributed by atoms with van der Waals surface area (Å²) in [5.74, 6) is 6.53. The van der Waals surface area contributed by atoms with Gasteiger partial charge in [0.25, 0.3) is 0 Å². The molecule has 0 aliphatic rings. The van der Waals surface area contributed by atoms with Crippen molar-refractivity contribution in [1.82, 2.24) is 0 Å². The number of carboxylic acid groups (broad SMARTS) is 1. The quantitative estimate of drug-likeness (QED) is 0.317. The number of allylic oxidation sites excluding steroid dienone is 3. The van der Waals surface area contributed by atoms with Gasteiger partial charge in [0.1, 0.15) is 0 Å². The average Bonchev–Trinajstić information content (AvgIpc) is 2.22. The zero-order valence-corrected chi connectivity index (χ0v) is 11.8. The molecule has 0 saturated heterocycles. The monoisotopic (exact) mass is 240 g/mol. The molecule has 0 aliphatic heterocycles. The molecule has 0 aromatic heterocycles. The van der Waals surface area contributed by atoms with E-state index in [0.29, 0.717) is 0 Å². The maximum atomic E-state index is 10.0. The van der Waals surface area contributed by atoms with Gasteiger partial charge in [0.05, 0.1) is 6.10 Å². The van der Waals surface area contributed by atoms with Crippen molar-refractivity contribution in [2.24, 2.45) is 0 Å². The molecule has 1 atom stereocenters. The number of hydrogen-bond acceptors (Lipinski definition) is 3. The predicted molar refractivity (Wildman–Crippen MR) is 59.8 cm³/mol. The molecule has 0 unspecified atom stereocenters. The van der Waals surface area contributed by atoms with Gasteiger partial charge in [0, 0.05) is 18.8 Å². The van der Waals surface area contributed by atoms with E-state index in [1.807, 2.05) is 0 Å². The summed E-state index contributed by atoms with van der Waals surface area (Å²) in [5.41, 5.74) is 0. The molecule has 0 amide bonds. The molecule has 17 heavy (non-hydrogen) atoms. The van der Waals surface area contributed by atoms with Crippen molar-refractivity contribution >= 4 is 5.97 Å². The molecule has 0 aliphatic carbocycles. The number of aliphatic carboxylic acids is 1. The van der Waals surface area contributed by atoms with Crippen LogP contribution >= 0.6 is 0 Å². The third-order valence-corrected chi connectivity index (χ3v) is 1.51. The zero-order chi connectivity index (χ0) is 12.2. The van der Waals surface area contributed by atoms with Crippen molar-refractivity contribution < 1.29 is 44.6 Å². The number of carbonyl (C=O) groups excluding carboxylic acids is 1. The number of hydrogen-bond donors (Lipinski definition) is 1. The van der Waals surface area contributed by atoms with Gasteiger partial charge in [0.15, 0.2) is 0 Å². The predicted octanol–water partition coefficient (Wildman–Crippen LogP) is -2.98. The Morgan fingerprint density at radius 1 is 1.47 bits per heavy atom. The van der Waals surface area contributed by atoms with Gasteiger partial charge >= 0.3 is 29.6 Å². The number of aliphatic hydroxyl groups is 1. The Labute approximate surface area is 124 Å². The summed E-state index contributed by atoms with van der Waals surface area (Å²) >= 11 is 0. The summed E-state index contributed by atoms with van der Waals surface area (Å²) in [7, 11) is 0. The smallest absolute Gasteiger partial charge is 0.550 e. The molecule has 0 fully saturated rings. The molecule has 0 aromatic carbocycles. The number of aliphatic hydroxyl groups excluding tert-OH is 1. The SMILES string of the molecule is C#CC[C@@H](O)/C=C/C=C/C#CCCC(=O)[O-].[Na+]. The summed E-state index contributed by atoms with van der Waals surface area (Å²) in [6, 6.07) is 0. The van der Waals surface area contributed by atoms with E-state index in [-0.39, 0.29) is 48.8 Å². The maximum absolute atomic E-state index is 10.0. The van der Waals surface area contributed by atoms with Crippen LogP contribution in [-0.2, 0) is 4.79 Å². The molecule has 0 saturated carbocycles. The van der Waals surface area contributed by atoms with E-state index in [2.05, 4.69) is 17.8 Å². The van der Waals surface area contributed by atoms with Gasteiger partial charge in [-0.3, -0.25) is 0 Å². The van der Waals surface area contributed by atoms with Crippen molar-refractivity contribution in [3.8, 4) is 24.2 Å². The van der Waals surface area contributed by atoms with Crippen LogP contribution in [0.3, 0.4) is 0 Å². The Morgan fingerprint density at radius 3 is 2.76 bits per heavy atom. The first-order chi connectivity index (χ1) is 7.66. The number of rotatable bonds is 5. The first kappa shape index (κ1) is 18.4. The summed E-state index contributed by atoms with van der Waals surface area (Å²) in [6.45, 7) is 0. The van der Waals surface area contributed by atoms with E-state index >= 15 is 0 Å². The molecule has 4 heteroatoms. The standard InChI is InChI=1S/C13H14O3.Na/c1-2-9-12(14)10-7-5-3-4-6-8-11-13(15)16;/h1,3,5,7,10,12,14H,8-9,11H2,(H,15,16);/q;+1/p-1/b5-3+,10-7+;/t12-;/m1./s1. The Kier molecular flexibility index (Phi) is 14.2. The largest absolute Gasteiger partial charge is 1.00 e. The second-order valence-electron chi connectivity index (χ2n) is 2.91. The molecule has 1 N–H and O–H groups in total. The second-order valence-corrected chi connectivity index (χ2v) is 2.91. The number of carboxylic acids is 1. The van der Waals surface area contributed by atoms with Crippen LogP contribution in [0, 0.1) is 24.2 Å². The van der Waals surface area contributed by atoms with Gasteiger partial charge in [-0.25, -0.2) is 0 Å². The maximum Gasteiger partial charge on any atom is 1.00 e. The van der Waals surface area contributed by atoms with Crippen LogP contribution in [0.5, 0.6) is 0 Å². The van der Waals surface area contributed by atoms with Gasteiger partial charge in [-0.15, -0.1) is 12.3 Å². The Bertz CT molecular complexity index is 366. The molecule has 0 rings (SSSR count). The van der Waals surface area contributed by atoms with Crippen LogP contribution in [0.4, 0.5) is 0 Å². The van der Waals surface area contributed by atoms with Crippen molar-refractivity contribution in [3.63, 3.8) is 0 Å². The van der Waals surface area contributed by atoms with E-state index in [1.54, 1.807) is 24.3 Å². The Balaban J connectivity index is 0. The summed E-state index contributed by atoms with van der Waals surface area (Å²) < 4.78 is 0. The molecule has 0 heterocycles. The first-order valence-electron chi connectivity index (χ1n) is 4.80. The summed E-state index contributed by atoms with van der Waals surface area (Å²) in [5, 5.41) is 19.2. The number of carbonyl (C=O) groups is 1. The van der Waals surface area contributed by atoms with E-state index in [1.165, 1.54) is 0 Å². The average molecular weight is 240 g/mol. The minimum Gasteiger partial charge on any atom is -0.550 e. The van der Waals surface area contributed by atoms with Gasteiger partial charge < -0.3 is 15.0 Å². The first-order valence-corrected chi connectivity index (χ1v) is 4.80. The van der Waals surface area contributed by atoms with Gasteiger partial charge in [0.2, 0.25) is 0 Å². The fraction of sp³-hybridized carbons (Fsp3) is 0.308. The van der Waals surface area contributed by atoms with Crippen LogP contribution in [-0.4, -0.2) is 17.2 Å².